The fourth-order valence-corrected chi connectivity index (χ4v) is 3.03. The molecule has 2 unspecified atom stereocenters. The average Bonchev–Trinajstić information content (AvgIpc) is 2.65. The van der Waals surface area contributed by atoms with Crippen LogP contribution >= 0.6 is 34.2 Å². The third-order valence-corrected chi connectivity index (χ3v) is 4.97. The molecule has 1 aromatic rings. The molecule has 1 aliphatic heterocycles. The molecule has 84 valence electrons. The van der Waals surface area contributed by atoms with Gasteiger partial charge in [0.05, 0.1) is 26.1 Å². The number of halogens is 2. The minimum absolute atomic E-state index is 0.400. The van der Waals surface area contributed by atoms with Gasteiger partial charge in [-0.05, 0) is 40.6 Å². The molecule has 0 aromatic carbocycles. The second-order valence-corrected chi connectivity index (χ2v) is 5.46. The quantitative estimate of drug-likeness (QED) is 0.359. The van der Waals surface area contributed by atoms with E-state index < -0.39 is 0 Å². The highest BCUT2D eigenvalue weighted by molar-refractivity contribution is 14.1. The van der Waals surface area contributed by atoms with E-state index in [4.69, 9.17) is 11.6 Å². The lowest BCUT2D eigenvalue weighted by molar-refractivity contribution is -0.900. The highest BCUT2D eigenvalue weighted by Crippen LogP contribution is 2.32. The normalized spacial score (nSPS) is 31.8. The molecular formula is C9H14ClIN3O+. The zero-order valence-corrected chi connectivity index (χ0v) is 11.5. The maximum absolute atomic E-state index is 5.93. The maximum atomic E-state index is 5.93. The summed E-state index contributed by atoms with van der Waals surface area (Å²) in [7, 11) is 2.28. The number of likely N-dealkylation sites (tertiary alicyclic amines) is 1. The molecule has 1 fully saturated rings. The highest BCUT2D eigenvalue weighted by atomic mass is 127. The number of rotatable bonds is 2. The van der Waals surface area contributed by atoms with E-state index in [1.807, 2.05) is 0 Å². The molecule has 1 aliphatic rings. The first-order valence-corrected chi connectivity index (χ1v) is 6.92. The molecule has 1 aromatic heterocycles. The van der Waals surface area contributed by atoms with Gasteiger partial charge in [-0.1, -0.05) is 16.8 Å². The van der Waals surface area contributed by atoms with E-state index in [2.05, 4.69) is 44.6 Å². The van der Waals surface area contributed by atoms with Crippen LogP contribution < -0.4 is 0 Å². The average molecular weight is 343 g/mol. The van der Waals surface area contributed by atoms with E-state index in [-0.39, 0.29) is 0 Å². The topological polar surface area (TPSA) is 38.9 Å². The van der Waals surface area contributed by atoms with Gasteiger partial charge in [-0.25, -0.2) is 4.63 Å². The number of alkyl halides is 1. The molecule has 0 radical (unpaired) electrons. The fraction of sp³-hybridized carbons (Fsp3) is 0.778. The van der Waals surface area contributed by atoms with Crippen LogP contribution in [0.2, 0.25) is 5.15 Å². The molecule has 0 amide bonds. The smallest absolute Gasteiger partial charge is 0.197 e. The lowest BCUT2D eigenvalue weighted by Crippen LogP contribution is -2.49. The van der Waals surface area contributed by atoms with Gasteiger partial charge in [0.1, 0.15) is 10.2 Å². The second kappa shape index (κ2) is 4.55. The lowest BCUT2D eigenvalue weighted by atomic mass is 9.94. The van der Waals surface area contributed by atoms with Gasteiger partial charge in [0.25, 0.3) is 0 Å². The molecule has 2 heterocycles. The Morgan fingerprint density at radius 2 is 2.40 bits per heavy atom. The summed E-state index contributed by atoms with van der Waals surface area (Å²) in [5.41, 5.74) is 0.838. The summed E-state index contributed by atoms with van der Waals surface area (Å²) in [6.07, 6.45) is 2.35. The van der Waals surface area contributed by atoms with Crippen LogP contribution in [0.5, 0.6) is 0 Å². The lowest BCUT2D eigenvalue weighted by Gasteiger charge is -2.39. The van der Waals surface area contributed by atoms with Crippen LogP contribution in [-0.2, 0) is 0 Å². The summed E-state index contributed by atoms with van der Waals surface area (Å²) in [6.45, 7) is 2.32. The van der Waals surface area contributed by atoms with E-state index in [1.54, 1.807) is 0 Å². The van der Waals surface area contributed by atoms with Crippen molar-refractivity contribution in [3.8, 4) is 0 Å². The highest BCUT2D eigenvalue weighted by Gasteiger charge is 2.34. The summed E-state index contributed by atoms with van der Waals surface area (Å²) in [4.78, 5) is 0. The van der Waals surface area contributed by atoms with Gasteiger partial charge < -0.3 is 4.48 Å². The van der Waals surface area contributed by atoms with E-state index in [0.29, 0.717) is 11.1 Å². The maximum Gasteiger partial charge on any atom is 0.197 e. The van der Waals surface area contributed by atoms with Gasteiger partial charge in [-0.15, -0.1) is 0 Å². The minimum atomic E-state index is 0.400. The Hall–Kier alpha value is 0.120. The molecule has 15 heavy (non-hydrogen) atoms. The Bertz CT molecular complexity index is 346. The van der Waals surface area contributed by atoms with Crippen LogP contribution in [-0.4, -0.2) is 39.5 Å². The predicted octanol–water partition coefficient (Wildman–Crippen LogP) is 2.44. The van der Waals surface area contributed by atoms with Crippen molar-refractivity contribution in [3.63, 3.8) is 0 Å². The van der Waals surface area contributed by atoms with Crippen molar-refractivity contribution in [2.24, 2.45) is 0 Å². The Labute approximate surface area is 108 Å². The van der Waals surface area contributed by atoms with Crippen LogP contribution in [0, 0.1) is 0 Å². The Morgan fingerprint density at radius 1 is 1.60 bits per heavy atom. The molecule has 1 saturated heterocycles. The Balaban J connectivity index is 2.15. The van der Waals surface area contributed by atoms with Gasteiger partial charge in [-0.2, -0.15) is 0 Å². The van der Waals surface area contributed by atoms with Gasteiger partial charge >= 0.3 is 0 Å². The molecule has 0 spiro atoms. The fourth-order valence-electron chi connectivity index (χ4n) is 2.19. The summed E-state index contributed by atoms with van der Waals surface area (Å²) < 4.78 is 6.86. The van der Waals surface area contributed by atoms with E-state index in [9.17, 15) is 0 Å². The first kappa shape index (κ1) is 11.6. The van der Waals surface area contributed by atoms with Crippen LogP contribution in [0.4, 0.5) is 0 Å². The number of nitrogens with zero attached hydrogens (tertiary/aromatic N) is 3. The zero-order valence-electron chi connectivity index (χ0n) is 8.62. The molecule has 4 nitrogen and oxygen atoms in total. The van der Waals surface area contributed by atoms with Crippen molar-refractivity contribution >= 4 is 34.2 Å². The zero-order chi connectivity index (χ0) is 10.9. The van der Waals surface area contributed by atoms with Gasteiger partial charge in [0.2, 0.25) is 0 Å². The number of hydrogen-bond donors (Lipinski definition) is 0. The van der Waals surface area contributed by atoms with Gasteiger partial charge in [0, 0.05) is 0 Å². The van der Waals surface area contributed by atoms with Crippen molar-refractivity contribution in [1.82, 2.24) is 10.3 Å². The van der Waals surface area contributed by atoms with Crippen molar-refractivity contribution in [2.75, 3.05) is 24.7 Å². The van der Waals surface area contributed by atoms with Crippen LogP contribution in [0.15, 0.2) is 4.63 Å². The standard InChI is InChI=1S/C9H14ClIN3O/c1-14(6-11)4-2-3-7(5-14)8-9(10)13-15-12-8/h7H,2-6H2,1H3/q+1. The number of hydrogen-bond acceptors (Lipinski definition) is 3. The monoisotopic (exact) mass is 342 g/mol. The molecular weight excluding hydrogens is 328 g/mol. The van der Waals surface area contributed by atoms with Crippen molar-refractivity contribution in [2.45, 2.75) is 18.8 Å². The first-order valence-electron chi connectivity index (χ1n) is 5.02. The Kier molecular flexibility index (Phi) is 3.52. The van der Waals surface area contributed by atoms with Gasteiger partial charge in [0.15, 0.2) is 5.15 Å². The number of quaternary nitrogens is 1. The molecule has 6 heteroatoms. The van der Waals surface area contributed by atoms with Crippen LogP contribution in [0.1, 0.15) is 24.5 Å². The second-order valence-electron chi connectivity index (χ2n) is 4.42. The predicted molar refractivity (Wildman–Crippen MR) is 66.1 cm³/mol. The van der Waals surface area contributed by atoms with Crippen LogP contribution in [0.25, 0.3) is 0 Å². The van der Waals surface area contributed by atoms with Crippen LogP contribution in [0.3, 0.4) is 0 Å². The summed E-state index contributed by atoms with van der Waals surface area (Å²) in [5, 5.41) is 7.98. The number of aromatic nitrogens is 2. The van der Waals surface area contributed by atoms with Gasteiger partial charge in [-0.3, -0.25) is 0 Å². The molecule has 0 N–H and O–H groups in total. The van der Waals surface area contributed by atoms with Crippen molar-refractivity contribution in [1.29, 1.82) is 0 Å². The number of piperidine rings is 1. The summed E-state index contributed by atoms with van der Waals surface area (Å²) >= 11 is 8.37. The third kappa shape index (κ3) is 2.45. The third-order valence-electron chi connectivity index (χ3n) is 3.06. The largest absolute Gasteiger partial charge is 0.317 e. The van der Waals surface area contributed by atoms with E-state index >= 15 is 0 Å². The van der Waals surface area contributed by atoms with Crippen molar-refractivity contribution in [3.05, 3.63) is 10.8 Å². The summed E-state index contributed by atoms with van der Waals surface area (Å²) in [5.74, 6) is 0.400. The Morgan fingerprint density at radius 3 is 3.00 bits per heavy atom. The van der Waals surface area contributed by atoms with E-state index in [0.717, 1.165) is 27.7 Å². The molecule has 2 rings (SSSR count). The summed E-state index contributed by atoms with van der Waals surface area (Å²) in [6, 6.07) is 0. The molecule has 2 atom stereocenters. The number of likely N-dealkylation sites (N-methyl/N-ethyl adjacent to an activating group) is 1. The molecule has 0 aliphatic carbocycles. The minimum Gasteiger partial charge on any atom is -0.317 e. The van der Waals surface area contributed by atoms with E-state index in [1.165, 1.54) is 13.0 Å². The molecule has 0 bridgehead atoms. The first-order chi connectivity index (χ1) is 7.14. The SMILES string of the molecule is C[N+]1(CI)CCCC(c2nonc2Cl)C1. The van der Waals surface area contributed by atoms with Crippen molar-refractivity contribution < 1.29 is 9.11 Å². The molecule has 0 saturated carbocycles.